The van der Waals surface area contributed by atoms with Gasteiger partial charge in [0.25, 0.3) is 0 Å². The molecule has 0 spiro atoms. The molecular formula is C15H26O4. The van der Waals surface area contributed by atoms with Crippen molar-refractivity contribution in [1.29, 1.82) is 0 Å². The first-order valence-electron chi connectivity index (χ1n) is 7.22. The van der Waals surface area contributed by atoms with Gasteiger partial charge in [0.2, 0.25) is 0 Å². The maximum atomic E-state index is 11.6. The molecule has 4 heteroatoms. The molecule has 0 aromatic carbocycles. The Balaban J connectivity index is 2.12. The van der Waals surface area contributed by atoms with Gasteiger partial charge in [0.05, 0.1) is 19.1 Å². The average Bonchev–Trinajstić information content (AvgIpc) is 2.35. The summed E-state index contributed by atoms with van der Waals surface area (Å²) in [6.45, 7) is 6.79. The zero-order chi connectivity index (χ0) is 14.3. The second-order valence-corrected chi connectivity index (χ2v) is 6.02. The molecule has 0 bridgehead atoms. The van der Waals surface area contributed by atoms with Crippen molar-refractivity contribution in [2.45, 2.75) is 65.4 Å². The standard InChI is InChI=1S/C15H26O4/c1-4-18-14(17)6-5-12(16)11-19-13-7-9-15(2,3)10-8-13/h13H,4-11H2,1-3H3. The highest BCUT2D eigenvalue weighted by Gasteiger charge is 2.27. The van der Waals surface area contributed by atoms with Crippen molar-refractivity contribution in [1.82, 2.24) is 0 Å². The normalized spacial score (nSPS) is 19.1. The Labute approximate surface area is 115 Å². The molecule has 1 aliphatic carbocycles. The van der Waals surface area contributed by atoms with Gasteiger partial charge in [-0.1, -0.05) is 13.8 Å². The fourth-order valence-corrected chi connectivity index (χ4v) is 2.30. The van der Waals surface area contributed by atoms with E-state index >= 15 is 0 Å². The SMILES string of the molecule is CCOC(=O)CCC(=O)COC1CCC(C)(C)CC1. The summed E-state index contributed by atoms with van der Waals surface area (Å²) in [5, 5.41) is 0. The van der Waals surface area contributed by atoms with Crippen LogP contribution < -0.4 is 0 Å². The molecular weight excluding hydrogens is 244 g/mol. The van der Waals surface area contributed by atoms with Crippen molar-refractivity contribution >= 4 is 11.8 Å². The predicted molar refractivity (Wildman–Crippen MR) is 72.9 cm³/mol. The van der Waals surface area contributed by atoms with Gasteiger partial charge < -0.3 is 9.47 Å². The molecule has 0 aromatic rings. The fraction of sp³-hybridized carbons (Fsp3) is 0.867. The molecule has 0 N–H and O–H groups in total. The Morgan fingerprint density at radius 1 is 1.16 bits per heavy atom. The zero-order valence-electron chi connectivity index (χ0n) is 12.4. The van der Waals surface area contributed by atoms with Gasteiger partial charge in [0, 0.05) is 6.42 Å². The number of esters is 1. The number of hydrogen-bond donors (Lipinski definition) is 0. The van der Waals surface area contributed by atoms with E-state index in [1.54, 1.807) is 6.92 Å². The fourth-order valence-electron chi connectivity index (χ4n) is 2.30. The van der Waals surface area contributed by atoms with Crippen molar-refractivity contribution in [2.75, 3.05) is 13.2 Å². The Morgan fingerprint density at radius 3 is 2.37 bits per heavy atom. The molecule has 0 heterocycles. The summed E-state index contributed by atoms with van der Waals surface area (Å²) < 4.78 is 10.4. The van der Waals surface area contributed by atoms with Gasteiger partial charge >= 0.3 is 5.97 Å². The Kier molecular flexibility index (Phi) is 6.49. The number of rotatable bonds is 7. The van der Waals surface area contributed by atoms with Gasteiger partial charge in [0.15, 0.2) is 5.78 Å². The van der Waals surface area contributed by atoms with Crippen molar-refractivity contribution in [3.8, 4) is 0 Å². The summed E-state index contributed by atoms with van der Waals surface area (Å²) in [5.74, 6) is -0.326. The van der Waals surface area contributed by atoms with E-state index in [0.29, 0.717) is 12.0 Å². The van der Waals surface area contributed by atoms with Crippen molar-refractivity contribution in [2.24, 2.45) is 5.41 Å². The maximum absolute atomic E-state index is 11.6. The predicted octanol–water partition coefficient (Wildman–Crippen LogP) is 2.88. The maximum Gasteiger partial charge on any atom is 0.306 e. The van der Waals surface area contributed by atoms with Crippen molar-refractivity contribution in [3.05, 3.63) is 0 Å². The third kappa shape index (κ3) is 6.71. The van der Waals surface area contributed by atoms with Crippen LogP contribution in [0.25, 0.3) is 0 Å². The highest BCUT2D eigenvalue weighted by Crippen LogP contribution is 2.36. The van der Waals surface area contributed by atoms with Crippen LogP contribution >= 0.6 is 0 Å². The minimum absolute atomic E-state index is 0.0158. The molecule has 1 rings (SSSR count). The second kappa shape index (κ2) is 7.63. The molecule has 1 saturated carbocycles. The van der Waals surface area contributed by atoms with Crippen LogP contribution in [0.15, 0.2) is 0 Å². The van der Waals surface area contributed by atoms with Gasteiger partial charge in [0.1, 0.15) is 6.61 Å². The average molecular weight is 270 g/mol. The first kappa shape index (κ1) is 16.2. The summed E-state index contributed by atoms with van der Waals surface area (Å²) in [4.78, 5) is 22.7. The van der Waals surface area contributed by atoms with Gasteiger partial charge in [-0.15, -0.1) is 0 Å². The van der Waals surface area contributed by atoms with Crippen LogP contribution in [0.5, 0.6) is 0 Å². The summed E-state index contributed by atoms with van der Waals surface area (Å²) in [6.07, 6.45) is 4.93. The van der Waals surface area contributed by atoms with Gasteiger partial charge in [-0.05, 0) is 38.0 Å². The first-order chi connectivity index (χ1) is 8.93. The Hall–Kier alpha value is -0.900. The Bertz CT molecular complexity index is 299. The molecule has 0 unspecified atom stereocenters. The van der Waals surface area contributed by atoms with Crippen LogP contribution in [0, 0.1) is 5.41 Å². The summed E-state index contributed by atoms with van der Waals surface area (Å²) in [6, 6.07) is 0. The van der Waals surface area contributed by atoms with Crippen LogP contribution in [0.3, 0.4) is 0 Å². The molecule has 1 fully saturated rings. The molecule has 0 amide bonds. The van der Waals surface area contributed by atoms with Crippen LogP contribution in [0.2, 0.25) is 0 Å². The van der Waals surface area contributed by atoms with Gasteiger partial charge in [-0.2, -0.15) is 0 Å². The largest absolute Gasteiger partial charge is 0.466 e. The number of carbonyl (C=O) groups excluding carboxylic acids is 2. The molecule has 1 aliphatic rings. The topological polar surface area (TPSA) is 52.6 Å². The quantitative estimate of drug-likeness (QED) is 0.667. The molecule has 110 valence electrons. The summed E-state index contributed by atoms with van der Waals surface area (Å²) in [7, 11) is 0. The van der Waals surface area contributed by atoms with Crippen molar-refractivity contribution < 1.29 is 19.1 Å². The van der Waals surface area contributed by atoms with Crippen LogP contribution in [-0.2, 0) is 19.1 Å². The van der Waals surface area contributed by atoms with Gasteiger partial charge in [-0.25, -0.2) is 0 Å². The minimum Gasteiger partial charge on any atom is -0.466 e. The van der Waals surface area contributed by atoms with Crippen molar-refractivity contribution in [3.63, 3.8) is 0 Å². The highest BCUT2D eigenvalue weighted by molar-refractivity contribution is 5.83. The monoisotopic (exact) mass is 270 g/mol. The van der Waals surface area contributed by atoms with E-state index in [9.17, 15) is 9.59 Å². The lowest BCUT2D eigenvalue weighted by molar-refractivity contribution is -0.144. The van der Waals surface area contributed by atoms with Gasteiger partial charge in [-0.3, -0.25) is 9.59 Å². The highest BCUT2D eigenvalue weighted by atomic mass is 16.5. The molecule has 0 aromatic heterocycles. The van der Waals surface area contributed by atoms with E-state index in [0.717, 1.165) is 25.7 Å². The minimum atomic E-state index is -0.310. The van der Waals surface area contributed by atoms with Crippen LogP contribution in [-0.4, -0.2) is 31.1 Å². The van der Waals surface area contributed by atoms with E-state index in [-0.39, 0.29) is 37.3 Å². The lowest BCUT2D eigenvalue weighted by Crippen LogP contribution is -2.28. The van der Waals surface area contributed by atoms with E-state index in [1.807, 2.05) is 0 Å². The summed E-state index contributed by atoms with van der Waals surface area (Å²) in [5.41, 5.74) is 0.410. The molecule has 0 saturated heterocycles. The van der Waals surface area contributed by atoms with Crippen LogP contribution in [0.1, 0.15) is 59.3 Å². The third-order valence-corrected chi connectivity index (χ3v) is 3.68. The molecule has 0 radical (unpaired) electrons. The number of Topliss-reactive ketones (excluding diaryl/α,β-unsaturated/α-hetero) is 1. The molecule has 4 nitrogen and oxygen atoms in total. The zero-order valence-corrected chi connectivity index (χ0v) is 12.4. The van der Waals surface area contributed by atoms with E-state index < -0.39 is 0 Å². The number of carbonyl (C=O) groups is 2. The second-order valence-electron chi connectivity index (χ2n) is 6.02. The third-order valence-electron chi connectivity index (χ3n) is 3.68. The molecule has 19 heavy (non-hydrogen) atoms. The smallest absolute Gasteiger partial charge is 0.306 e. The molecule has 0 aliphatic heterocycles. The van der Waals surface area contributed by atoms with E-state index in [2.05, 4.69) is 13.8 Å². The summed E-state index contributed by atoms with van der Waals surface area (Å²) >= 11 is 0. The molecule has 0 atom stereocenters. The van der Waals surface area contributed by atoms with Crippen LogP contribution in [0.4, 0.5) is 0 Å². The first-order valence-corrected chi connectivity index (χ1v) is 7.22. The number of ketones is 1. The lowest BCUT2D eigenvalue weighted by atomic mass is 9.76. The number of ether oxygens (including phenoxy) is 2. The lowest BCUT2D eigenvalue weighted by Gasteiger charge is -2.34. The van der Waals surface area contributed by atoms with E-state index in [4.69, 9.17) is 9.47 Å². The Morgan fingerprint density at radius 2 is 1.79 bits per heavy atom. The number of hydrogen-bond acceptors (Lipinski definition) is 4. The van der Waals surface area contributed by atoms with E-state index in [1.165, 1.54) is 0 Å².